The quantitative estimate of drug-likeness (QED) is 0.237. The first-order chi connectivity index (χ1) is 15.6. The fraction of sp³-hybridized carbons (Fsp3) is 0.714. The molecule has 1 heterocycles. The molecule has 12 heteroatoms. The molecular weight excluding hydrogens is 448 g/mol. The van der Waals surface area contributed by atoms with E-state index in [1.54, 1.807) is 4.90 Å². The molecule has 0 spiro atoms. The van der Waals surface area contributed by atoms with E-state index < -0.39 is 24.2 Å². The lowest BCUT2D eigenvalue weighted by atomic mass is 9.92. The van der Waals surface area contributed by atoms with Crippen molar-refractivity contribution in [2.45, 2.75) is 72.1 Å². The molecule has 0 saturated heterocycles. The number of hydrogen-bond acceptors (Lipinski definition) is 7. The summed E-state index contributed by atoms with van der Waals surface area (Å²) >= 11 is 1.08. The highest BCUT2D eigenvalue weighted by Crippen LogP contribution is 2.31. The minimum Gasteiger partial charge on any atom is -0.476 e. The summed E-state index contributed by atoms with van der Waals surface area (Å²) in [5, 5.41) is 17.1. The Kier molecular flexibility index (Phi) is 11.7. The fourth-order valence-electron chi connectivity index (χ4n) is 3.44. The number of ether oxygens (including phenoxy) is 1. The van der Waals surface area contributed by atoms with Gasteiger partial charge in [0.1, 0.15) is 11.0 Å². The number of carboxylic acids is 1. The zero-order valence-corrected chi connectivity index (χ0v) is 20.8. The van der Waals surface area contributed by atoms with Crippen molar-refractivity contribution in [3.05, 3.63) is 26.5 Å². The van der Waals surface area contributed by atoms with Gasteiger partial charge in [-0.25, -0.2) is 14.6 Å². The maximum Gasteiger partial charge on any atom is 0.407 e. The molecule has 0 aliphatic carbocycles. The average molecular weight is 483 g/mol. The van der Waals surface area contributed by atoms with Gasteiger partial charge in [-0.2, -0.15) is 0 Å². The van der Waals surface area contributed by atoms with Crippen LogP contribution >= 0.6 is 11.3 Å². The molecule has 33 heavy (non-hydrogen) atoms. The van der Waals surface area contributed by atoms with Crippen molar-refractivity contribution in [3.8, 4) is 0 Å². The van der Waals surface area contributed by atoms with Crippen LogP contribution in [0.2, 0.25) is 0 Å². The second-order valence-corrected chi connectivity index (χ2v) is 9.02. The number of carboxylic acid groups (broad SMARTS) is 1. The van der Waals surface area contributed by atoms with E-state index in [0.717, 1.165) is 11.3 Å². The van der Waals surface area contributed by atoms with E-state index in [4.69, 9.17) is 10.3 Å². The van der Waals surface area contributed by atoms with Crippen LogP contribution in [0.1, 0.15) is 75.5 Å². The number of aromatic carboxylic acids is 1. The summed E-state index contributed by atoms with van der Waals surface area (Å²) < 4.78 is 5.53. The lowest BCUT2D eigenvalue weighted by molar-refractivity contribution is -0.138. The van der Waals surface area contributed by atoms with Crippen molar-refractivity contribution in [2.75, 3.05) is 13.6 Å². The normalized spacial score (nSPS) is 14.5. The molecule has 184 valence electrons. The van der Waals surface area contributed by atoms with Crippen molar-refractivity contribution in [3.63, 3.8) is 0 Å². The molecule has 1 aromatic rings. The summed E-state index contributed by atoms with van der Waals surface area (Å²) in [6.07, 6.45) is 0.0205. The maximum atomic E-state index is 13.5. The summed E-state index contributed by atoms with van der Waals surface area (Å²) in [7, 11) is 1.42. The van der Waals surface area contributed by atoms with Gasteiger partial charge >= 0.3 is 12.1 Å². The molecule has 0 fully saturated rings. The SMILES string of the molecule is CCCN(C(=O)[C@@H](N=[N+]=[N-])[C@@H](C)CC)[C@H](C[C@@H](OC(=O)NC)c1nc(C(=O)O)cs1)C(C)C. The van der Waals surface area contributed by atoms with Gasteiger partial charge in [0.05, 0.1) is 0 Å². The van der Waals surface area contributed by atoms with E-state index in [2.05, 4.69) is 20.3 Å². The Hall–Kier alpha value is -2.85. The average Bonchev–Trinajstić information content (AvgIpc) is 3.28. The number of alkyl carbamates (subject to hydrolysis) is 1. The largest absolute Gasteiger partial charge is 0.476 e. The third kappa shape index (κ3) is 7.90. The molecule has 0 aliphatic heterocycles. The van der Waals surface area contributed by atoms with Crippen LogP contribution in [0.4, 0.5) is 4.79 Å². The highest BCUT2D eigenvalue weighted by Gasteiger charge is 2.36. The number of amides is 2. The van der Waals surface area contributed by atoms with Gasteiger partial charge in [0.2, 0.25) is 5.91 Å². The van der Waals surface area contributed by atoms with Crippen LogP contribution < -0.4 is 5.32 Å². The predicted octanol–water partition coefficient (Wildman–Crippen LogP) is 4.62. The molecule has 0 aliphatic rings. The van der Waals surface area contributed by atoms with Crippen molar-refractivity contribution in [1.82, 2.24) is 15.2 Å². The molecule has 0 bridgehead atoms. The number of thiazole rings is 1. The van der Waals surface area contributed by atoms with E-state index >= 15 is 0 Å². The van der Waals surface area contributed by atoms with Crippen molar-refractivity contribution in [2.24, 2.45) is 17.0 Å². The molecule has 4 atom stereocenters. The van der Waals surface area contributed by atoms with Crippen LogP contribution in [-0.2, 0) is 9.53 Å². The monoisotopic (exact) mass is 482 g/mol. The third-order valence-electron chi connectivity index (χ3n) is 5.45. The summed E-state index contributed by atoms with van der Waals surface area (Å²) in [5.74, 6) is -1.62. The van der Waals surface area contributed by atoms with Gasteiger partial charge in [0.25, 0.3) is 0 Å². The van der Waals surface area contributed by atoms with E-state index in [-0.39, 0.29) is 35.9 Å². The Morgan fingerprint density at radius 3 is 2.45 bits per heavy atom. The summed E-state index contributed by atoms with van der Waals surface area (Å²) in [6.45, 7) is 10.1. The lowest BCUT2D eigenvalue weighted by Gasteiger charge is -2.38. The predicted molar refractivity (Wildman–Crippen MR) is 125 cm³/mol. The smallest absolute Gasteiger partial charge is 0.407 e. The number of rotatable bonds is 13. The fourth-order valence-corrected chi connectivity index (χ4v) is 4.27. The lowest BCUT2D eigenvalue weighted by Crippen LogP contribution is -2.49. The van der Waals surface area contributed by atoms with Crippen LogP contribution in [0.25, 0.3) is 10.4 Å². The molecule has 0 radical (unpaired) electrons. The van der Waals surface area contributed by atoms with Crippen molar-refractivity contribution in [1.29, 1.82) is 0 Å². The molecule has 1 aromatic heterocycles. The van der Waals surface area contributed by atoms with Crippen LogP contribution in [-0.4, -0.2) is 58.6 Å². The zero-order chi connectivity index (χ0) is 25.1. The molecule has 11 nitrogen and oxygen atoms in total. The second kappa shape index (κ2) is 13.6. The number of carbonyl (C=O) groups excluding carboxylic acids is 2. The molecule has 2 amide bonds. The summed E-state index contributed by atoms with van der Waals surface area (Å²) in [4.78, 5) is 45.5. The van der Waals surface area contributed by atoms with Gasteiger partial charge in [0.15, 0.2) is 11.8 Å². The Balaban J connectivity index is 3.38. The number of hydrogen-bond donors (Lipinski definition) is 2. The van der Waals surface area contributed by atoms with Gasteiger partial charge in [-0.15, -0.1) is 11.3 Å². The highest BCUT2D eigenvalue weighted by molar-refractivity contribution is 7.09. The Morgan fingerprint density at radius 1 is 1.33 bits per heavy atom. The van der Waals surface area contributed by atoms with E-state index in [9.17, 15) is 19.5 Å². The minimum absolute atomic E-state index is 0.0288. The minimum atomic E-state index is -1.18. The van der Waals surface area contributed by atoms with Crippen molar-refractivity contribution < 1.29 is 24.2 Å². The Morgan fingerprint density at radius 2 is 2.00 bits per heavy atom. The van der Waals surface area contributed by atoms with Crippen LogP contribution in [0.3, 0.4) is 0 Å². The summed E-state index contributed by atoms with van der Waals surface area (Å²) in [6, 6.07) is -1.21. The van der Waals surface area contributed by atoms with Crippen LogP contribution in [0.5, 0.6) is 0 Å². The van der Waals surface area contributed by atoms with Gasteiger partial charge in [-0.3, -0.25) is 4.79 Å². The number of carbonyl (C=O) groups is 3. The first-order valence-electron chi connectivity index (χ1n) is 11.0. The standard InChI is InChI=1S/C21H34N6O5S/c1-7-9-27(19(28)17(25-26-22)13(5)8-2)15(12(3)4)10-16(32-21(31)23-6)18-24-14(11-33-18)20(29)30/h11-13,15-17H,7-10H2,1-6H3,(H,23,31)(H,29,30)/t13-,15+,16+,17-/m0/s1. The highest BCUT2D eigenvalue weighted by atomic mass is 32.1. The molecule has 0 unspecified atom stereocenters. The maximum absolute atomic E-state index is 13.5. The van der Waals surface area contributed by atoms with Crippen LogP contribution in [0, 0.1) is 11.8 Å². The molecular formula is C21H34N6O5S. The number of aromatic nitrogens is 1. The van der Waals surface area contributed by atoms with Gasteiger partial charge in [-0.05, 0) is 23.8 Å². The van der Waals surface area contributed by atoms with Crippen molar-refractivity contribution >= 4 is 29.3 Å². The van der Waals surface area contributed by atoms with Gasteiger partial charge in [0, 0.05) is 36.3 Å². The topological polar surface area (TPSA) is 158 Å². The van der Waals surface area contributed by atoms with Gasteiger partial charge in [-0.1, -0.05) is 46.2 Å². The first-order valence-corrected chi connectivity index (χ1v) is 11.9. The Labute approximate surface area is 198 Å². The van der Waals surface area contributed by atoms with E-state index in [1.165, 1.54) is 12.4 Å². The van der Waals surface area contributed by atoms with Gasteiger partial charge < -0.3 is 20.1 Å². The molecule has 2 N–H and O–H groups in total. The summed E-state index contributed by atoms with van der Waals surface area (Å²) in [5.41, 5.74) is 8.89. The second-order valence-electron chi connectivity index (χ2n) is 8.13. The van der Waals surface area contributed by atoms with Crippen LogP contribution in [0.15, 0.2) is 10.5 Å². The van der Waals surface area contributed by atoms with E-state index in [1.807, 2.05) is 34.6 Å². The Bertz CT molecular complexity index is 854. The van der Waals surface area contributed by atoms with E-state index in [0.29, 0.717) is 24.4 Å². The number of nitrogens with one attached hydrogen (secondary N) is 1. The first kappa shape index (κ1) is 28.2. The number of nitrogens with zero attached hydrogens (tertiary/aromatic N) is 5. The third-order valence-corrected chi connectivity index (χ3v) is 6.39. The molecule has 0 saturated carbocycles. The molecule has 0 aromatic carbocycles. The number of azide groups is 1. The molecule has 1 rings (SSSR count). The zero-order valence-electron chi connectivity index (χ0n) is 20.0.